The monoisotopic (exact) mass is 300 g/mol. The van der Waals surface area contributed by atoms with Crippen molar-refractivity contribution in [1.82, 2.24) is 9.97 Å². The Hall–Kier alpha value is -1.16. The molecule has 0 atom stereocenters. The topological polar surface area (TPSA) is 42.9 Å². The van der Waals surface area contributed by atoms with E-state index in [-0.39, 0.29) is 10.7 Å². The van der Waals surface area contributed by atoms with Gasteiger partial charge in [0.2, 0.25) is 0 Å². The lowest BCUT2D eigenvalue weighted by atomic mass is 10.1. The molecule has 18 heavy (non-hydrogen) atoms. The van der Waals surface area contributed by atoms with Crippen molar-refractivity contribution in [2.45, 2.75) is 6.92 Å². The zero-order valence-corrected chi connectivity index (χ0v) is 11.5. The SMILES string of the molecule is Cc1nc(Cl)c(C=O)c(-c2cc(Cl)cc(Cl)c2)n1. The molecule has 0 N–H and O–H groups in total. The first-order valence-corrected chi connectivity index (χ1v) is 6.10. The first kappa shape index (κ1) is 13.3. The van der Waals surface area contributed by atoms with E-state index in [1.807, 2.05) is 0 Å². The molecule has 1 heterocycles. The number of benzene rings is 1. The van der Waals surface area contributed by atoms with Crippen molar-refractivity contribution in [2.75, 3.05) is 0 Å². The van der Waals surface area contributed by atoms with Crippen LogP contribution in [0.15, 0.2) is 18.2 Å². The molecule has 0 radical (unpaired) electrons. The summed E-state index contributed by atoms with van der Waals surface area (Å²) >= 11 is 17.8. The molecule has 0 unspecified atom stereocenters. The summed E-state index contributed by atoms with van der Waals surface area (Å²) in [4.78, 5) is 19.2. The fraction of sp³-hybridized carbons (Fsp3) is 0.0833. The van der Waals surface area contributed by atoms with Crippen molar-refractivity contribution in [3.63, 3.8) is 0 Å². The Morgan fingerprint density at radius 2 is 1.67 bits per heavy atom. The Balaban J connectivity index is 2.73. The maximum absolute atomic E-state index is 11.1. The Morgan fingerprint density at radius 1 is 1.06 bits per heavy atom. The lowest BCUT2D eigenvalue weighted by molar-refractivity contribution is 0.112. The summed E-state index contributed by atoms with van der Waals surface area (Å²) in [5, 5.41) is 1.03. The maximum Gasteiger partial charge on any atom is 0.155 e. The van der Waals surface area contributed by atoms with Crippen LogP contribution in [0.5, 0.6) is 0 Å². The van der Waals surface area contributed by atoms with Crippen LogP contribution in [0.25, 0.3) is 11.3 Å². The van der Waals surface area contributed by atoms with Crippen LogP contribution in [0, 0.1) is 6.92 Å². The number of carbonyl (C=O) groups excluding carboxylic acids is 1. The molecule has 0 aliphatic rings. The second-order valence-corrected chi connectivity index (χ2v) is 4.83. The van der Waals surface area contributed by atoms with Gasteiger partial charge in [0.05, 0.1) is 11.3 Å². The molecule has 0 amide bonds. The Bertz CT molecular complexity index is 609. The van der Waals surface area contributed by atoms with Crippen molar-refractivity contribution >= 4 is 41.1 Å². The highest BCUT2D eigenvalue weighted by Crippen LogP contribution is 2.29. The van der Waals surface area contributed by atoms with E-state index in [9.17, 15) is 4.79 Å². The van der Waals surface area contributed by atoms with E-state index in [4.69, 9.17) is 34.8 Å². The molecule has 0 saturated heterocycles. The summed E-state index contributed by atoms with van der Waals surface area (Å²) in [5.74, 6) is 0.469. The molecule has 3 nitrogen and oxygen atoms in total. The molecule has 1 aromatic heterocycles. The van der Waals surface area contributed by atoms with E-state index in [0.29, 0.717) is 33.4 Å². The quantitative estimate of drug-likeness (QED) is 0.616. The van der Waals surface area contributed by atoms with Gasteiger partial charge in [-0.15, -0.1) is 0 Å². The van der Waals surface area contributed by atoms with Crippen LogP contribution < -0.4 is 0 Å². The van der Waals surface area contributed by atoms with Gasteiger partial charge < -0.3 is 0 Å². The molecular formula is C12H7Cl3N2O. The molecule has 0 spiro atoms. The van der Waals surface area contributed by atoms with Gasteiger partial charge in [-0.2, -0.15) is 0 Å². The Morgan fingerprint density at radius 3 is 2.22 bits per heavy atom. The number of aldehydes is 1. The second kappa shape index (κ2) is 5.22. The van der Waals surface area contributed by atoms with Crippen LogP contribution in [0.4, 0.5) is 0 Å². The van der Waals surface area contributed by atoms with E-state index >= 15 is 0 Å². The normalized spacial score (nSPS) is 10.4. The molecule has 0 saturated carbocycles. The van der Waals surface area contributed by atoms with Gasteiger partial charge in [0, 0.05) is 15.6 Å². The smallest absolute Gasteiger partial charge is 0.155 e. The van der Waals surface area contributed by atoms with Crippen LogP contribution in [-0.2, 0) is 0 Å². The molecule has 1 aromatic carbocycles. The molecule has 0 fully saturated rings. The highest BCUT2D eigenvalue weighted by molar-refractivity contribution is 6.35. The summed E-state index contributed by atoms with van der Waals surface area (Å²) < 4.78 is 0. The van der Waals surface area contributed by atoms with Gasteiger partial charge in [0.1, 0.15) is 11.0 Å². The lowest BCUT2D eigenvalue weighted by Gasteiger charge is -2.07. The molecule has 0 aliphatic carbocycles. The van der Waals surface area contributed by atoms with Gasteiger partial charge in [-0.25, -0.2) is 9.97 Å². The van der Waals surface area contributed by atoms with Gasteiger partial charge in [-0.05, 0) is 25.1 Å². The summed E-state index contributed by atoms with van der Waals surface area (Å²) in [6.45, 7) is 1.69. The molecule has 0 bridgehead atoms. The fourth-order valence-corrected chi connectivity index (χ4v) is 2.34. The van der Waals surface area contributed by atoms with Gasteiger partial charge in [-0.1, -0.05) is 34.8 Å². The van der Waals surface area contributed by atoms with Crippen LogP contribution >= 0.6 is 34.8 Å². The minimum atomic E-state index is 0.114. The lowest BCUT2D eigenvalue weighted by Crippen LogP contribution is -1.99. The van der Waals surface area contributed by atoms with E-state index < -0.39 is 0 Å². The van der Waals surface area contributed by atoms with E-state index in [1.54, 1.807) is 25.1 Å². The summed E-state index contributed by atoms with van der Waals surface area (Å²) in [6.07, 6.45) is 0.617. The van der Waals surface area contributed by atoms with Crippen molar-refractivity contribution in [1.29, 1.82) is 0 Å². The first-order valence-electron chi connectivity index (χ1n) is 4.97. The minimum absolute atomic E-state index is 0.114. The Labute approximate surface area is 119 Å². The minimum Gasteiger partial charge on any atom is -0.298 e. The van der Waals surface area contributed by atoms with Crippen molar-refractivity contribution in [2.24, 2.45) is 0 Å². The zero-order valence-electron chi connectivity index (χ0n) is 9.25. The number of aryl methyl sites for hydroxylation is 1. The van der Waals surface area contributed by atoms with Crippen molar-refractivity contribution in [3.05, 3.63) is 44.8 Å². The van der Waals surface area contributed by atoms with Gasteiger partial charge >= 0.3 is 0 Å². The van der Waals surface area contributed by atoms with Crippen molar-refractivity contribution < 1.29 is 4.79 Å². The van der Waals surface area contributed by atoms with Crippen LogP contribution in [0.3, 0.4) is 0 Å². The number of carbonyl (C=O) groups is 1. The van der Waals surface area contributed by atoms with E-state index in [0.717, 1.165) is 0 Å². The predicted molar refractivity (Wildman–Crippen MR) is 72.6 cm³/mol. The van der Waals surface area contributed by atoms with E-state index in [2.05, 4.69) is 9.97 Å². The molecule has 6 heteroatoms. The average Bonchev–Trinajstić information content (AvgIpc) is 2.26. The number of rotatable bonds is 2. The maximum atomic E-state index is 11.1. The fourth-order valence-electron chi connectivity index (χ4n) is 1.56. The number of halogens is 3. The third kappa shape index (κ3) is 2.64. The van der Waals surface area contributed by atoms with Crippen LogP contribution in [0.1, 0.15) is 16.2 Å². The van der Waals surface area contributed by atoms with Crippen molar-refractivity contribution in [3.8, 4) is 11.3 Å². The number of aromatic nitrogens is 2. The molecule has 0 aliphatic heterocycles. The molecule has 92 valence electrons. The van der Waals surface area contributed by atoms with Gasteiger partial charge in [0.25, 0.3) is 0 Å². The largest absolute Gasteiger partial charge is 0.298 e. The van der Waals surface area contributed by atoms with Gasteiger partial charge in [0.15, 0.2) is 6.29 Å². The molecule has 2 rings (SSSR count). The van der Waals surface area contributed by atoms with Crippen LogP contribution in [0.2, 0.25) is 15.2 Å². The second-order valence-electron chi connectivity index (χ2n) is 3.60. The van der Waals surface area contributed by atoms with E-state index in [1.165, 1.54) is 0 Å². The van der Waals surface area contributed by atoms with Gasteiger partial charge in [-0.3, -0.25) is 4.79 Å². The summed E-state index contributed by atoms with van der Waals surface area (Å²) in [7, 11) is 0. The standard InChI is InChI=1S/C12H7Cl3N2O/c1-6-16-11(10(5-18)12(15)17-6)7-2-8(13)4-9(14)3-7/h2-5H,1H3. The number of nitrogens with zero attached hydrogens (tertiary/aromatic N) is 2. The molecule has 2 aromatic rings. The van der Waals surface area contributed by atoms with Crippen LogP contribution in [-0.4, -0.2) is 16.3 Å². The summed E-state index contributed by atoms with van der Waals surface area (Å²) in [6, 6.07) is 4.93. The third-order valence-electron chi connectivity index (χ3n) is 2.26. The first-order chi connectivity index (χ1) is 8.51. The number of hydrogen-bond acceptors (Lipinski definition) is 3. The zero-order chi connectivity index (χ0) is 13.3. The Kier molecular flexibility index (Phi) is 3.85. The predicted octanol–water partition coefficient (Wildman–Crippen LogP) is 4.22. The molecular weight excluding hydrogens is 295 g/mol. The number of hydrogen-bond donors (Lipinski definition) is 0. The highest BCUT2D eigenvalue weighted by atomic mass is 35.5. The highest BCUT2D eigenvalue weighted by Gasteiger charge is 2.13. The summed E-state index contributed by atoms with van der Waals surface area (Å²) in [5.41, 5.74) is 1.27. The third-order valence-corrected chi connectivity index (χ3v) is 2.99. The average molecular weight is 302 g/mol.